The molecule has 1 aromatic heterocycles. The Morgan fingerprint density at radius 3 is 2.71 bits per heavy atom. The van der Waals surface area contributed by atoms with Crippen molar-refractivity contribution in [2.45, 2.75) is 13.8 Å². The van der Waals surface area contributed by atoms with E-state index < -0.39 is 16.6 Å². The number of hydrogen-bond donors (Lipinski definition) is 1. The molecule has 21 heavy (non-hydrogen) atoms. The lowest BCUT2D eigenvalue weighted by molar-refractivity contribution is -0.385. The molecule has 0 saturated heterocycles. The van der Waals surface area contributed by atoms with Crippen LogP contribution in [0.3, 0.4) is 0 Å². The van der Waals surface area contributed by atoms with Gasteiger partial charge in [-0.3, -0.25) is 10.1 Å². The molecule has 0 atom stereocenters. The summed E-state index contributed by atoms with van der Waals surface area (Å²) in [6.45, 7) is 5.66. The van der Waals surface area contributed by atoms with Crippen molar-refractivity contribution in [1.29, 1.82) is 0 Å². The van der Waals surface area contributed by atoms with Crippen LogP contribution in [0.5, 0.6) is 0 Å². The molecular weight excluding hydrogens is 278 g/mol. The fourth-order valence-corrected chi connectivity index (χ4v) is 1.87. The molecule has 0 saturated carbocycles. The van der Waals surface area contributed by atoms with Crippen LogP contribution in [0.2, 0.25) is 0 Å². The van der Waals surface area contributed by atoms with Crippen molar-refractivity contribution >= 4 is 17.5 Å². The Kier molecular flexibility index (Phi) is 6.04. The number of nitrogens with zero attached hydrogens (tertiary/aromatic N) is 3. The van der Waals surface area contributed by atoms with Gasteiger partial charge in [0.1, 0.15) is 17.6 Å². The Morgan fingerprint density at radius 2 is 2.24 bits per heavy atom. The van der Waals surface area contributed by atoms with Gasteiger partial charge in [0, 0.05) is 26.3 Å². The number of methoxy groups -OCH3 is 1. The van der Waals surface area contributed by atoms with Gasteiger partial charge in [-0.2, -0.15) is 0 Å². The first-order valence-electron chi connectivity index (χ1n) is 6.48. The maximum absolute atomic E-state index is 11.2. The topological polar surface area (TPSA) is 106 Å². The second-order valence-electron chi connectivity index (χ2n) is 4.95. The molecule has 1 N–H and O–H groups in total. The number of carboxylic acids is 1. The second kappa shape index (κ2) is 7.53. The molecule has 1 heterocycles. The first-order valence-corrected chi connectivity index (χ1v) is 6.48. The van der Waals surface area contributed by atoms with Crippen LogP contribution in [0.1, 0.15) is 24.2 Å². The molecule has 0 aliphatic heterocycles. The number of nitro groups is 1. The predicted molar refractivity (Wildman–Crippen MR) is 76.8 cm³/mol. The number of aromatic carboxylic acids is 1. The van der Waals surface area contributed by atoms with Gasteiger partial charge in [0.05, 0.1) is 11.5 Å². The second-order valence-corrected chi connectivity index (χ2v) is 4.95. The molecule has 0 unspecified atom stereocenters. The Morgan fingerprint density at radius 1 is 1.57 bits per heavy atom. The van der Waals surface area contributed by atoms with E-state index in [4.69, 9.17) is 9.84 Å². The van der Waals surface area contributed by atoms with Crippen LogP contribution in [0.25, 0.3) is 0 Å². The van der Waals surface area contributed by atoms with Gasteiger partial charge < -0.3 is 14.7 Å². The molecule has 8 heteroatoms. The minimum absolute atomic E-state index is 0.326. The largest absolute Gasteiger partial charge is 0.477 e. The highest BCUT2D eigenvalue weighted by molar-refractivity contribution is 5.93. The molecule has 0 fully saturated rings. The van der Waals surface area contributed by atoms with E-state index in [0.717, 1.165) is 6.20 Å². The quantitative estimate of drug-likeness (QED) is 0.576. The van der Waals surface area contributed by atoms with Crippen molar-refractivity contribution in [3.05, 3.63) is 27.9 Å². The zero-order chi connectivity index (χ0) is 16.0. The summed E-state index contributed by atoms with van der Waals surface area (Å²) < 4.78 is 5.02. The third-order valence-electron chi connectivity index (χ3n) is 2.77. The van der Waals surface area contributed by atoms with Gasteiger partial charge in [-0.25, -0.2) is 9.78 Å². The van der Waals surface area contributed by atoms with E-state index in [-0.39, 0.29) is 5.56 Å². The number of aromatic nitrogens is 1. The first-order chi connectivity index (χ1) is 9.86. The average Bonchev–Trinajstić information content (AvgIpc) is 2.42. The van der Waals surface area contributed by atoms with E-state index >= 15 is 0 Å². The summed E-state index contributed by atoms with van der Waals surface area (Å²) in [6.07, 6.45) is 0.985. The lowest BCUT2D eigenvalue weighted by Gasteiger charge is -2.25. The number of carbonyl (C=O) groups is 1. The molecule has 1 rings (SSSR count). The number of hydrogen-bond acceptors (Lipinski definition) is 6. The van der Waals surface area contributed by atoms with Gasteiger partial charge in [0.2, 0.25) is 0 Å². The van der Waals surface area contributed by atoms with Crippen molar-refractivity contribution in [3.63, 3.8) is 0 Å². The van der Waals surface area contributed by atoms with Crippen molar-refractivity contribution in [2.75, 3.05) is 31.7 Å². The molecule has 0 bridgehead atoms. The molecule has 1 aromatic rings. The lowest BCUT2D eigenvalue weighted by atomic mass is 10.2. The monoisotopic (exact) mass is 297 g/mol. The van der Waals surface area contributed by atoms with Crippen molar-refractivity contribution in [1.82, 2.24) is 4.98 Å². The SMILES string of the molecule is COCCN(CC(C)C)c1cc(C(=O)O)c([N+](=O)[O-])cn1. The van der Waals surface area contributed by atoms with E-state index in [2.05, 4.69) is 4.98 Å². The minimum atomic E-state index is -1.35. The summed E-state index contributed by atoms with van der Waals surface area (Å²) >= 11 is 0. The summed E-state index contributed by atoms with van der Waals surface area (Å²) in [4.78, 5) is 27.1. The summed E-state index contributed by atoms with van der Waals surface area (Å²) in [5, 5.41) is 19.9. The zero-order valence-corrected chi connectivity index (χ0v) is 12.3. The van der Waals surface area contributed by atoms with Crippen molar-refractivity contribution in [2.24, 2.45) is 5.92 Å². The van der Waals surface area contributed by atoms with Gasteiger partial charge in [-0.05, 0) is 5.92 Å². The van der Waals surface area contributed by atoms with Gasteiger partial charge in [0.15, 0.2) is 0 Å². The normalized spacial score (nSPS) is 10.7. The summed E-state index contributed by atoms with van der Waals surface area (Å²) in [5.41, 5.74) is -0.876. The van der Waals surface area contributed by atoms with E-state index in [9.17, 15) is 14.9 Å². The third-order valence-corrected chi connectivity index (χ3v) is 2.77. The Labute approximate surface area is 122 Å². The van der Waals surface area contributed by atoms with Crippen molar-refractivity contribution < 1.29 is 19.6 Å². The van der Waals surface area contributed by atoms with E-state index in [0.29, 0.717) is 31.4 Å². The van der Waals surface area contributed by atoms with E-state index in [1.165, 1.54) is 6.07 Å². The molecule has 0 aliphatic carbocycles. The minimum Gasteiger partial charge on any atom is -0.477 e. The van der Waals surface area contributed by atoms with Crippen LogP contribution < -0.4 is 4.90 Å². The van der Waals surface area contributed by atoms with E-state index in [1.807, 2.05) is 18.7 Å². The Hall–Kier alpha value is -2.22. The van der Waals surface area contributed by atoms with Crippen LogP contribution in [0, 0.1) is 16.0 Å². The fraction of sp³-hybridized carbons (Fsp3) is 0.538. The molecular formula is C13H19N3O5. The summed E-state index contributed by atoms with van der Waals surface area (Å²) in [5.74, 6) is -0.627. The molecule has 0 amide bonds. The van der Waals surface area contributed by atoms with Gasteiger partial charge in [-0.15, -0.1) is 0 Å². The zero-order valence-electron chi connectivity index (χ0n) is 12.3. The number of ether oxygens (including phenoxy) is 1. The van der Waals surface area contributed by atoms with Crippen LogP contribution >= 0.6 is 0 Å². The van der Waals surface area contributed by atoms with Gasteiger partial charge >= 0.3 is 11.7 Å². The molecule has 0 radical (unpaired) electrons. The maximum Gasteiger partial charge on any atom is 0.342 e. The Balaban J connectivity index is 3.16. The number of pyridine rings is 1. The van der Waals surface area contributed by atoms with Crippen LogP contribution in [-0.2, 0) is 4.74 Å². The van der Waals surface area contributed by atoms with Crippen LogP contribution in [-0.4, -0.2) is 47.8 Å². The number of rotatable bonds is 8. The third kappa shape index (κ3) is 4.67. The highest BCUT2D eigenvalue weighted by Gasteiger charge is 2.23. The lowest BCUT2D eigenvalue weighted by Crippen LogP contribution is -2.32. The van der Waals surface area contributed by atoms with Crippen LogP contribution in [0.4, 0.5) is 11.5 Å². The number of carboxylic acid groups (broad SMARTS) is 1. The molecule has 116 valence electrons. The summed E-state index contributed by atoms with van der Waals surface area (Å²) in [6, 6.07) is 1.23. The Bertz CT molecular complexity index is 519. The summed E-state index contributed by atoms with van der Waals surface area (Å²) in [7, 11) is 1.57. The van der Waals surface area contributed by atoms with Gasteiger partial charge in [-0.1, -0.05) is 13.8 Å². The van der Waals surface area contributed by atoms with Crippen LogP contribution in [0.15, 0.2) is 12.3 Å². The molecule has 0 spiro atoms. The van der Waals surface area contributed by atoms with Crippen molar-refractivity contribution in [3.8, 4) is 0 Å². The molecule has 8 nitrogen and oxygen atoms in total. The maximum atomic E-state index is 11.2. The smallest absolute Gasteiger partial charge is 0.342 e. The number of anilines is 1. The standard InChI is InChI=1S/C13H19N3O5/c1-9(2)8-15(4-5-21-3)12-6-10(13(17)18)11(7-14-12)16(19)20/h6-7,9H,4-5,8H2,1-3H3,(H,17,18). The van der Waals surface area contributed by atoms with Gasteiger partial charge in [0.25, 0.3) is 0 Å². The fourth-order valence-electron chi connectivity index (χ4n) is 1.87. The van der Waals surface area contributed by atoms with E-state index in [1.54, 1.807) is 7.11 Å². The average molecular weight is 297 g/mol. The molecule has 0 aliphatic rings. The highest BCUT2D eigenvalue weighted by Crippen LogP contribution is 2.23. The molecule has 0 aromatic carbocycles. The first kappa shape index (κ1) is 16.8. The predicted octanol–water partition coefficient (Wildman–Crippen LogP) is 1.80. The highest BCUT2D eigenvalue weighted by atomic mass is 16.6.